The Kier molecular flexibility index (Phi) is 4.81. The van der Waals surface area contributed by atoms with Gasteiger partial charge in [0.1, 0.15) is 5.82 Å². The second-order valence-corrected chi connectivity index (χ2v) is 5.29. The lowest BCUT2D eigenvalue weighted by atomic mass is 10.1. The van der Waals surface area contributed by atoms with Crippen molar-refractivity contribution in [1.29, 1.82) is 0 Å². The molecule has 21 heavy (non-hydrogen) atoms. The van der Waals surface area contributed by atoms with Gasteiger partial charge in [0.15, 0.2) is 0 Å². The fourth-order valence-corrected chi connectivity index (χ4v) is 2.22. The molecule has 0 bridgehead atoms. The van der Waals surface area contributed by atoms with Gasteiger partial charge in [0, 0.05) is 11.7 Å². The number of nitrogens with one attached hydrogen (secondary N) is 1. The zero-order valence-corrected chi connectivity index (χ0v) is 12.3. The highest BCUT2D eigenvalue weighted by atomic mass is 35.5. The number of hydrogen-bond donors (Lipinski definition) is 2. The molecule has 2 aromatic rings. The molecule has 2 aromatic carbocycles. The summed E-state index contributed by atoms with van der Waals surface area (Å²) in [7, 11) is 0. The molecule has 0 saturated heterocycles. The van der Waals surface area contributed by atoms with Crippen molar-refractivity contribution < 1.29 is 9.18 Å². The topological polar surface area (TPSA) is 55.1 Å². The zero-order valence-electron chi connectivity index (χ0n) is 11.6. The van der Waals surface area contributed by atoms with Gasteiger partial charge in [0.25, 0.3) is 0 Å². The van der Waals surface area contributed by atoms with Crippen molar-refractivity contribution in [3.8, 4) is 0 Å². The second-order valence-electron chi connectivity index (χ2n) is 4.88. The van der Waals surface area contributed by atoms with Gasteiger partial charge in [-0.25, -0.2) is 4.39 Å². The maximum absolute atomic E-state index is 13.1. The van der Waals surface area contributed by atoms with Crippen molar-refractivity contribution >= 4 is 23.2 Å². The molecule has 0 aliphatic rings. The molecule has 0 radical (unpaired) electrons. The Labute approximate surface area is 127 Å². The molecule has 2 rings (SSSR count). The standard InChI is InChI=1S/C16H16ClFN2O/c1-10(12-4-7-15(18)14(17)9-12)20-13-5-2-11(3-6-13)8-16(19)21/h2-7,9-10,20H,8H2,1H3,(H2,19,21). The number of anilines is 1. The lowest BCUT2D eigenvalue weighted by Gasteiger charge is -2.16. The molecule has 1 unspecified atom stereocenters. The lowest BCUT2D eigenvalue weighted by Crippen LogP contribution is -2.13. The van der Waals surface area contributed by atoms with E-state index in [1.54, 1.807) is 12.1 Å². The Morgan fingerprint density at radius 3 is 2.52 bits per heavy atom. The van der Waals surface area contributed by atoms with Crippen LogP contribution in [0.2, 0.25) is 5.02 Å². The monoisotopic (exact) mass is 306 g/mol. The molecule has 0 aromatic heterocycles. The molecule has 0 fully saturated rings. The molecule has 0 aliphatic heterocycles. The summed E-state index contributed by atoms with van der Waals surface area (Å²) in [6.45, 7) is 1.96. The van der Waals surface area contributed by atoms with Crippen molar-refractivity contribution in [2.45, 2.75) is 19.4 Å². The summed E-state index contributed by atoms with van der Waals surface area (Å²) in [5, 5.41) is 3.40. The van der Waals surface area contributed by atoms with Crippen LogP contribution in [0.15, 0.2) is 42.5 Å². The summed E-state index contributed by atoms with van der Waals surface area (Å²) >= 11 is 5.78. The van der Waals surface area contributed by atoms with E-state index < -0.39 is 5.82 Å². The van der Waals surface area contributed by atoms with E-state index in [0.717, 1.165) is 16.8 Å². The summed E-state index contributed by atoms with van der Waals surface area (Å²) in [6.07, 6.45) is 0.226. The number of carbonyl (C=O) groups is 1. The van der Waals surface area contributed by atoms with Crippen LogP contribution in [-0.2, 0) is 11.2 Å². The summed E-state index contributed by atoms with van der Waals surface area (Å²) in [5.41, 5.74) is 7.80. The highest BCUT2D eigenvalue weighted by Crippen LogP contribution is 2.24. The molecule has 3 N–H and O–H groups in total. The summed E-state index contributed by atoms with van der Waals surface area (Å²) in [4.78, 5) is 10.8. The van der Waals surface area contributed by atoms with Crippen molar-refractivity contribution in [2.75, 3.05) is 5.32 Å². The minimum atomic E-state index is -0.427. The van der Waals surface area contributed by atoms with E-state index in [-0.39, 0.29) is 23.4 Å². The number of nitrogens with two attached hydrogens (primary N) is 1. The van der Waals surface area contributed by atoms with Gasteiger partial charge in [-0.15, -0.1) is 0 Å². The third-order valence-corrected chi connectivity index (χ3v) is 3.45. The first-order valence-electron chi connectivity index (χ1n) is 6.54. The summed E-state index contributed by atoms with van der Waals surface area (Å²) < 4.78 is 13.1. The smallest absolute Gasteiger partial charge is 0.221 e. The number of benzene rings is 2. The average Bonchev–Trinajstić information content (AvgIpc) is 2.43. The number of halogens is 2. The third kappa shape index (κ3) is 4.20. The van der Waals surface area contributed by atoms with Crippen LogP contribution in [0.3, 0.4) is 0 Å². The minimum absolute atomic E-state index is 0.0231. The predicted octanol–water partition coefficient (Wildman–Crippen LogP) is 3.68. The van der Waals surface area contributed by atoms with E-state index in [4.69, 9.17) is 17.3 Å². The molecular weight excluding hydrogens is 291 g/mol. The molecule has 0 saturated carbocycles. The molecule has 5 heteroatoms. The molecule has 1 amide bonds. The van der Waals surface area contributed by atoms with Gasteiger partial charge >= 0.3 is 0 Å². The van der Waals surface area contributed by atoms with Gasteiger partial charge in [-0.2, -0.15) is 0 Å². The van der Waals surface area contributed by atoms with E-state index >= 15 is 0 Å². The largest absolute Gasteiger partial charge is 0.379 e. The minimum Gasteiger partial charge on any atom is -0.379 e. The molecule has 110 valence electrons. The zero-order chi connectivity index (χ0) is 15.4. The van der Waals surface area contributed by atoms with Crippen LogP contribution in [0.1, 0.15) is 24.1 Å². The maximum atomic E-state index is 13.1. The van der Waals surface area contributed by atoms with Gasteiger partial charge in [0.2, 0.25) is 5.91 Å². The molecular formula is C16H16ClFN2O. The highest BCUT2D eigenvalue weighted by Gasteiger charge is 2.08. The van der Waals surface area contributed by atoms with Gasteiger partial charge in [-0.3, -0.25) is 4.79 Å². The fourth-order valence-electron chi connectivity index (χ4n) is 2.04. The Hall–Kier alpha value is -2.07. The van der Waals surface area contributed by atoms with E-state index in [0.29, 0.717) is 0 Å². The maximum Gasteiger partial charge on any atom is 0.221 e. The SMILES string of the molecule is CC(Nc1ccc(CC(N)=O)cc1)c1ccc(F)c(Cl)c1. The highest BCUT2D eigenvalue weighted by molar-refractivity contribution is 6.30. The predicted molar refractivity (Wildman–Crippen MR) is 82.8 cm³/mol. The van der Waals surface area contributed by atoms with E-state index in [1.807, 2.05) is 31.2 Å². The van der Waals surface area contributed by atoms with Crippen LogP contribution in [0.5, 0.6) is 0 Å². The number of rotatable bonds is 5. The van der Waals surface area contributed by atoms with Gasteiger partial charge in [0.05, 0.1) is 11.4 Å². The summed E-state index contributed by atoms with van der Waals surface area (Å²) in [5.74, 6) is -0.784. The normalized spacial score (nSPS) is 12.0. The Morgan fingerprint density at radius 2 is 1.95 bits per heavy atom. The average molecular weight is 307 g/mol. The summed E-state index contributed by atoms with van der Waals surface area (Å²) in [6, 6.07) is 12.1. The number of amides is 1. The van der Waals surface area contributed by atoms with Crippen LogP contribution < -0.4 is 11.1 Å². The van der Waals surface area contributed by atoms with Crippen LogP contribution in [0.4, 0.5) is 10.1 Å². The lowest BCUT2D eigenvalue weighted by molar-refractivity contribution is -0.117. The van der Waals surface area contributed by atoms with E-state index in [1.165, 1.54) is 6.07 Å². The third-order valence-electron chi connectivity index (χ3n) is 3.16. The van der Waals surface area contributed by atoms with Gasteiger partial charge in [-0.05, 0) is 42.3 Å². The van der Waals surface area contributed by atoms with E-state index in [2.05, 4.69) is 5.32 Å². The van der Waals surface area contributed by atoms with Crippen LogP contribution in [0, 0.1) is 5.82 Å². The van der Waals surface area contributed by atoms with Crippen molar-refractivity contribution in [3.63, 3.8) is 0 Å². The first-order valence-corrected chi connectivity index (χ1v) is 6.92. The Bertz CT molecular complexity index is 643. The Morgan fingerprint density at radius 1 is 1.29 bits per heavy atom. The molecule has 3 nitrogen and oxygen atoms in total. The number of hydrogen-bond acceptors (Lipinski definition) is 2. The van der Waals surface area contributed by atoms with Gasteiger partial charge < -0.3 is 11.1 Å². The first-order chi connectivity index (χ1) is 9.95. The quantitative estimate of drug-likeness (QED) is 0.885. The van der Waals surface area contributed by atoms with Gasteiger partial charge in [-0.1, -0.05) is 29.8 Å². The number of primary amides is 1. The number of carbonyl (C=O) groups excluding carboxylic acids is 1. The first kappa shape index (κ1) is 15.3. The fraction of sp³-hybridized carbons (Fsp3) is 0.188. The molecule has 0 spiro atoms. The van der Waals surface area contributed by atoms with Crippen molar-refractivity contribution in [3.05, 3.63) is 64.4 Å². The molecule has 0 aliphatic carbocycles. The van der Waals surface area contributed by atoms with E-state index in [9.17, 15) is 9.18 Å². The Balaban J connectivity index is 2.06. The molecule has 0 heterocycles. The second kappa shape index (κ2) is 6.59. The van der Waals surface area contributed by atoms with Crippen molar-refractivity contribution in [1.82, 2.24) is 0 Å². The molecule has 1 atom stereocenters. The van der Waals surface area contributed by atoms with Crippen LogP contribution in [-0.4, -0.2) is 5.91 Å². The van der Waals surface area contributed by atoms with Crippen LogP contribution in [0.25, 0.3) is 0 Å². The van der Waals surface area contributed by atoms with Crippen LogP contribution >= 0.6 is 11.6 Å². The van der Waals surface area contributed by atoms with Crippen molar-refractivity contribution in [2.24, 2.45) is 5.73 Å².